The summed E-state index contributed by atoms with van der Waals surface area (Å²) in [5.74, 6) is -0.276. The van der Waals surface area contributed by atoms with Crippen molar-refractivity contribution in [2.75, 3.05) is 31.1 Å². The predicted molar refractivity (Wildman–Crippen MR) is 99.5 cm³/mol. The highest BCUT2D eigenvalue weighted by Crippen LogP contribution is 2.21. The van der Waals surface area contributed by atoms with Gasteiger partial charge in [0.2, 0.25) is 5.91 Å². The fraction of sp³-hybridized carbons (Fsp3) is 0.350. The Bertz CT molecular complexity index is 744. The average Bonchev–Trinajstić information content (AvgIpc) is 2.61. The summed E-state index contributed by atoms with van der Waals surface area (Å²) in [7, 11) is 0. The van der Waals surface area contributed by atoms with Crippen LogP contribution in [0.3, 0.4) is 0 Å². The smallest absolute Gasteiger partial charge is 0.225 e. The molecule has 1 heterocycles. The van der Waals surface area contributed by atoms with E-state index in [1.807, 2.05) is 42.2 Å². The van der Waals surface area contributed by atoms with Crippen LogP contribution in [-0.2, 0) is 11.2 Å². The molecule has 0 aliphatic carbocycles. The van der Waals surface area contributed by atoms with E-state index >= 15 is 0 Å². The van der Waals surface area contributed by atoms with E-state index in [0.29, 0.717) is 19.5 Å². The Hall–Kier alpha value is -2.07. The van der Waals surface area contributed by atoms with Gasteiger partial charge in [0.05, 0.1) is 0 Å². The molecular formula is C20H22ClFN2O. The Morgan fingerprint density at radius 3 is 2.52 bits per heavy atom. The van der Waals surface area contributed by atoms with E-state index in [9.17, 15) is 9.18 Å². The molecule has 0 aromatic heterocycles. The molecule has 3 nitrogen and oxygen atoms in total. The first kappa shape index (κ1) is 17.7. The van der Waals surface area contributed by atoms with Gasteiger partial charge in [0.25, 0.3) is 0 Å². The zero-order valence-corrected chi connectivity index (χ0v) is 15.0. The van der Waals surface area contributed by atoms with Crippen LogP contribution in [0.5, 0.6) is 0 Å². The fourth-order valence-corrected chi connectivity index (χ4v) is 3.46. The van der Waals surface area contributed by atoms with Crippen LogP contribution in [0.4, 0.5) is 10.1 Å². The van der Waals surface area contributed by atoms with Gasteiger partial charge in [0, 0.05) is 42.8 Å². The number of carbonyl (C=O) groups excluding carboxylic acids is 1. The normalized spacial score (nSPS) is 16.0. The number of amides is 1. The minimum absolute atomic E-state index is 0.134. The first-order chi connectivity index (χ1) is 12.0. The molecule has 25 heavy (non-hydrogen) atoms. The molecule has 1 amide bonds. The molecule has 0 bridgehead atoms. The highest BCUT2D eigenvalue weighted by molar-refractivity contribution is 6.30. The van der Waals surface area contributed by atoms with Crippen molar-refractivity contribution in [1.29, 1.82) is 0 Å². The molecule has 1 aliphatic rings. The van der Waals surface area contributed by atoms with E-state index in [2.05, 4.69) is 4.90 Å². The van der Waals surface area contributed by atoms with Crippen LogP contribution in [0.15, 0.2) is 48.5 Å². The van der Waals surface area contributed by atoms with Crippen molar-refractivity contribution in [3.8, 4) is 0 Å². The molecule has 0 N–H and O–H groups in total. The Morgan fingerprint density at radius 2 is 1.84 bits per heavy atom. The first-order valence-corrected chi connectivity index (χ1v) is 8.94. The molecule has 1 fully saturated rings. The summed E-state index contributed by atoms with van der Waals surface area (Å²) in [6.07, 6.45) is 0.561. The van der Waals surface area contributed by atoms with Gasteiger partial charge in [-0.3, -0.25) is 4.79 Å². The van der Waals surface area contributed by atoms with Crippen molar-refractivity contribution in [2.24, 2.45) is 5.92 Å². The standard InChI is InChI=1S/C20H22ClFN2O/c1-15(12-16-4-2-6-18(22)13-16)20(25)24-10-8-23(9-11-24)19-7-3-5-17(21)14-19/h2-7,13-15H,8-12H2,1H3. The van der Waals surface area contributed by atoms with Crippen LogP contribution < -0.4 is 4.90 Å². The third-order valence-corrected chi connectivity index (χ3v) is 4.85. The topological polar surface area (TPSA) is 23.6 Å². The summed E-state index contributed by atoms with van der Waals surface area (Å²) in [5.41, 5.74) is 1.95. The molecule has 3 rings (SSSR count). The van der Waals surface area contributed by atoms with Gasteiger partial charge >= 0.3 is 0 Å². The SMILES string of the molecule is CC(Cc1cccc(F)c1)C(=O)N1CCN(c2cccc(Cl)c2)CC1. The number of benzene rings is 2. The summed E-state index contributed by atoms with van der Waals surface area (Å²) < 4.78 is 13.3. The van der Waals surface area contributed by atoms with Crippen LogP contribution in [0.25, 0.3) is 0 Å². The molecule has 0 spiro atoms. The quantitative estimate of drug-likeness (QED) is 0.822. The Kier molecular flexibility index (Phi) is 5.59. The average molecular weight is 361 g/mol. The second-order valence-electron chi connectivity index (χ2n) is 6.53. The summed E-state index contributed by atoms with van der Waals surface area (Å²) in [4.78, 5) is 16.8. The Morgan fingerprint density at radius 1 is 1.12 bits per heavy atom. The molecule has 1 atom stereocenters. The molecule has 5 heteroatoms. The highest BCUT2D eigenvalue weighted by atomic mass is 35.5. The van der Waals surface area contributed by atoms with E-state index in [1.54, 1.807) is 6.07 Å². The first-order valence-electron chi connectivity index (χ1n) is 8.56. The zero-order chi connectivity index (χ0) is 17.8. The second kappa shape index (κ2) is 7.87. The number of nitrogens with zero attached hydrogens (tertiary/aromatic N) is 2. The lowest BCUT2D eigenvalue weighted by atomic mass is 9.99. The zero-order valence-electron chi connectivity index (χ0n) is 14.3. The van der Waals surface area contributed by atoms with E-state index < -0.39 is 0 Å². The summed E-state index contributed by atoms with van der Waals surface area (Å²) in [6, 6.07) is 14.3. The molecule has 1 unspecified atom stereocenters. The third kappa shape index (κ3) is 4.51. The van der Waals surface area contributed by atoms with Gasteiger partial charge in [-0.05, 0) is 42.3 Å². The fourth-order valence-electron chi connectivity index (χ4n) is 3.27. The number of halogens is 2. The third-order valence-electron chi connectivity index (χ3n) is 4.62. The van der Waals surface area contributed by atoms with E-state index in [-0.39, 0.29) is 17.6 Å². The summed E-state index contributed by atoms with van der Waals surface area (Å²) >= 11 is 6.05. The van der Waals surface area contributed by atoms with Crippen molar-refractivity contribution >= 4 is 23.2 Å². The molecule has 1 saturated heterocycles. The van der Waals surface area contributed by atoms with Crippen molar-refractivity contribution in [3.05, 3.63) is 64.9 Å². The minimum Gasteiger partial charge on any atom is -0.368 e. The van der Waals surface area contributed by atoms with Crippen LogP contribution in [-0.4, -0.2) is 37.0 Å². The number of piperazine rings is 1. The molecule has 0 saturated carbocycles. The molecule has 1 aliphatic heterocycles. The van der Waals surface area contributed by atoms with Crippen LogP contribution in [0.1, 0.15) is 12.5 Å². The van der Waals surface area contributed by atoms with Gasteiger partial charge < -0.3 is 9.80 Å². The molecule has 2 aromatic carbocycles. The van der Waals surface area contributed by atoms with Crippen molar-refractivity contribution in [3.63, 3.8) is 0 Å². The van der Waals surface area contributed by atoms with E-state index in [0.717, 1.165) is 29.4 Å². The van der Waals surface area contributed by atoms with Gasteiger partial charge in [-0.15, -0.1) is 0 Å². The van der Waals surface area contributed by atoms with Crippen molar-refractivity contribution in [2.45, 2.75) is 13.3 Å². The Balaban J connectivity index is 1.56. The van der Waals surface area contributed by atoms with Gasteiger partial charge in [-0.1, -0.05) is 36.7 Å². The maximum atomic E-state index is 13.3. The summed E-state index contributed by atoms with van der Waals surface area (Å²) in [6.45, 7) is 4.88. The number of carbonyl (C=O) groups is 1. The van der Waals surface area contributed by atoms with E-state index in [4.69, 9.17) is 11.6 Å². The monoisotopic (exact) mass is 360 g/mol. The number of rotatable bonds is 4. The lowest BCUT2D eigenvalue weighted by Crippen LogP contribution is -2.50. The highest BCUT2D eigenvalue weighted by Gasteiger charge is 2.25. The van der Waals surface area contributed by atoms with Crippen LogP contribution in [0, 0.1) is 11.7 Å². The van der Waals surface area contributed by atoms with Gasteiger partial charge in [-0.25, -0.2) is 4.39 Å². The molecule has 2 aromatic rings. The van der Waals surface area contributed by atoms with Crippen molar-refractivity contribution in [1.82, 2.24) is 4.90 Å². The lowest BCUT2D eigenvalue weighted by molar-refractivity contribution is -0.135. The number of hydrogen-bond donors (Lipinski definition) is 0. The van der Waals surface area contributed by atoms with Crippen molar-refractivity contribution < 1.29 is 9.18 Å². The van der Waals surface area contributed by atoms with Crippen LogP contribution in [0.2, 0.25) is 5.02 Å². The minimum atomic E-state index is -0.257. The largest absolute Gasteiger partial charge is 0.368 e. The maximum Gasteiger partial charge on any atom is 0.225 e. The molecular weight excluding hydrogens is 339 g/mol. The van der Waals surface area contributed by atoms with Gasteiger partial charge in [0.1, 0.15) is 5.82 Å². The summed E-state index contributed by atoms with van der Waals surface area (Å²) in [5, 5.41) is 0.722. The molecule has 132 valence electrons. The number of hydrogen-bond acceptors (Lipinski definition) is 2. The van der Waals surface area contributed by atoms with E-state index in [1.165, 1.54) is 12.1 Å². The maximum absolute atomic E-state index is 13.3. The predicted octanol–water partition coefficient (Wildman–Crippen LogP) is 4.01. The van der Waals surface area contributed by atoms with Gasteiger partial charge in [0.15, 0.2) is 0 Å². The Labute approximate surface area is 153 Å². The second-order valence-corrected chi connectivity index (χ2v) is 6.96. The lowest BCUT2D eigenvalue weighted by Gasteiger charge is -2.37. The molecule has 0 radical (unpaired) electrons. The van der Waals surface area contributed by atoms with Gasteiger partial charge in [-0.2, -0.15) is 0 Å². The van der Waals surface area contributed by atoms with Crippen LogP contribution >= 0.6 is 11.6 Å². The number of anilines is 1.